The van der Waals surface area contributed by atoms with E-state index in [1.807, 2.05) is 0 Å². The Labute approximate surface area is 225 Å². The third kappa shape index (κ3) is 2.88. The van der Waals surface area contributed by atoms with E-state index in [1.54, 1.807) is 24.3 Å². The average molecular weight is 372 g/mol. The fraction of sp³-hybridized carbons (Fsp3) is 0. The van der Waals surface area contributed by atoms with Gasteiger partial charge in [-0.15, -0.1) is 0 Å². The second-order valence-corrected chi connectivity index (χ2v) is 4.94. The molecule has 0 fully saturated rings. The molecule has 8 heteroatoms. The van der Waals surface area contributed by atoms with E-state index in [0.29, 0.717) is 10.0 Å². The van der Waals surface area contributed by atoms with Crippen LogP contribution in [0.2, 0.25) is 0 Å². The Bertz CT molecular complexity index is 764. The summed E-state index contributed by atoms with van der Waals surface area (Å²) in [5, 5.41) is 1.24. The van der Waals surface area contributed by atoms with E-state index in [9.17, 15) is 19.2 Å². The van der Waals surface area contributed by atoms with Gasteiger partial charge in [-0.2, -0.15) is 10.0 Å². The van der Waals surface area contributed by atoms with Crippen LogP contribution >= 0.6 is 0 Å². The second kappa shape index (κ2) is 7.70. The van der Waals surface area contributed by atoms with Gasteiger partial charge >= 0.3 is 103 Å². The van der Waals surface area contributed by atoms with Crippen LogP contribution in [0, 0.1) is 0 Å². The summed E-state index contributed by atoms with van der Waals surface area (Å²) >= 11 is 0. The van der Waals surface area contributed by atoms with E-state index in [1.165, 1.54) is 24.3 Å². The first-order chi connectivity index (χ1) is 10.6. The smallest absolute Gasteiger partial charge is 1.00 e. The molecule has 0 radical (unpaired) electrons. The van der Waals surface area contributed by atoms with E-state index >= 15 is 0 Å². The van der Waals surface area contributed by atoms with Gasteiger partial charge in [0.1, 0.15) is 0 Å². The molecule has 2 heterocycles. The maximum absolute atomic E-state index is 12.4. The predicted molar refractivity (Wildman–Crippen MR) is 76.1 cm³/mol. The molecular formula is C16H10K2N2O4. The van der Waals surface area contributed by atoms with Crippen molar-refractivity contribution in [2.45, 2.75) is 0 Å². The molecule has 0 atom stereocenters. The Morgan fingerprint density at radius 2 is 0.708 bits per heavy atom. The minimum Gasteiger partial charge on any atom is -1.00 e. The van der Waals surface area contributed by atoms with Crippen molar-refractivity contribution in [3.8, 4) is 0 Å². The minimum atomic E-state index is -0.671. The summed E-state index contributed by atoms with van der Waals surface area (Å²) in [5.41, 5.74) is 0.737. The SMILES string of the molecule is O=C1c2ccccc2C(=O)N1N1C(=O)c2ccccc2C1=O.[H-].[H-].[K+].[K+]. The number of hydrogen-bond donors (Lipinski definition) is 0. The van der Waals surface area contributed by atoms with Gasteiger partial charge in [-0.3, -0.25) is 19.2 Å². The van der Waals surface area contributed by atoms with Crippen molar-refractivity contribution in [3.05, 3.63) is 70.8 Å². The molecule has 24 heavy (non-hydrogen) atoms. The maximum atomic E-state index is 12.4. The van der Waals surface area contributed by atoms with Gasteiger partial charge in [-0.05, 0) is 24.3 Å². The quantitative estimate of drug-likeness (QED) is 0.375. The van der Waals surface area contributed by atoms with E-state index in [2.05, 4.69) is 0 Å². The molecule has 4 rings (SSSR count). The second-order valence-electron chi connectivity index (χ2n) is 4.94. The molecule has 2 aromatic rings. The molecule has 0 saturated heterocycles. The molecule has 0 saturated carbocycles. The van der Waals surface area contributed by atoms with Crippen LogP contribution in [-0.4, -0.2) is 33.6 Å². The van der Waals surface area contributed by atoms with Crippen molar-refractivity contribution >= 4 is 23.6 Å². The number of hydrazine groups is 1. The van der Waals surface area contributed by atoms with Crippen molar-refractivity contribution in [2.75, 3.05) is 0 Å². The topological polar surface area (TPSA) is 74.8 Å². The Kier molecular flexibility index (Phi) is 6.52. The summed E-state index contributed by atoms with van der Waals surface area (Å²) in [6.07, 6.45) is 0. The summed E-state index contributed by atoms with van der Waals surface area (Å²) in [6.45, 7) is 0. The Morgan fingerprint density at radius 3 is 0.917 bits per heavy atom. The summed E-state index contributed by atoms with van der Waals surface area (Å²) in [5.74, 6) is -2.68. The van der Waals surface area contributed by atoms with Crippen LogP contribution in [0.1, 0.15) is 44.3 Å². The third-order valence-electron chi connectivity index (χ3n) is 3.75. The van der Waals surface area contributed by atoms with E-state index in [4.69, 9.17) is 0 Å². The standard InChI is InChI=1S/C16H8N2O4.2K.2H/c19-13-9-5-1-2-6-10(9)14(20)17(13)18-15(21)11-7-3-4-8-12(11)16(18)22;;;;/h1-8H;;;;/q;2*+1;2*-1. The summed E-state index contributed by atoms with van der Waals surface area (Å²) < 4.78 is 0. The first-order valence-corrected chi connectivity index (χ1v) is 6.57. The van der Waals surface area contributed by atoms with Crippen molar-refractivity contribution < 1.29 is 125 Å². The predicted octanol–water partition coefficient (Wildman–Crippen LogP) is -4.27. The van der Waals surface area contributed by atoms with Gasteiger partial charge in [0.25, 0.3) is 23.6 Å². The van der Waals surface area contributed by atoms with Crippen LogP contribution in [-0.2, 0) is 0 Å². The number of benzene rings is 2. The van der Waals surface area contributed by atoms with Gasteiger partial charge < -0.3 is 2.85 Å². The third-order valence-corrected chi connectivity index (χ3v) is 3.75. The fourth-order valence-corrected chi connectivity index (χ4v) is 2.72. The monoisotopic (exact) mass is 372 g/mol. The van der Waals surface area contributed by atoms with Gasteiger partial charge in [0.05, 0.1) is 22.3 Å². The van der Waals surface area contributed by atoms with Crippen molar-refractivity contribution in [1.29, 1.82) is 0 Å². The summed E-state index contributed by atoms with van der Waals surface area (Å²) in [7, 11) is 0. The zero-order valence-corrected chi connectivity index (χ0v) is 19.4. The van der Waals surface area contributed by atoms with Crippen LogP contribution in [0.4, 0.5) is 0 Å². The first-order valence-electron chi connectivity index (χ1n) is 6.57. The number of amides is 4. The largest absolute Gasteiger partial charge is 1.00 e. The number of carbonyl (C=O) groups is 4. The molecule has 0 unspecified atom stereocenters. The molecular weight excluding hydrogens is 362 g/mol. The number of fused-ring (bicyclic) bond motifs is 2. The first kappa shape index (κ1) is 20.3. The fourth-order valence-electron chi connectivity index (χ4n) is 2.72. The van der Waals surface area contributed by atoms with E-state index in [-0.39, 0.29) is 128 Å². The van der Waals surface area contributed by atoms with Crippen LogP contribution in [0.3, 0.4) is 0 Å². The number of hydrogen-bond acceptors (Lipinski definition) is 4. The number of carbonyl (C=O) groups excluding carboxylic acids is 4. The van der Waals surface area contributed by atoms with Crippen LogP contribution < -0.4 is 103 Å². The number of rotatable bonds is 1. The normalized spacial score (nSPS) is 15.0. The molecule has 0 N–H and O–H groups in total. The van der Waals surface area contributed by atoms with Gasteiger partial charge in [-0.1, -0.05) is 24.3 Å². The molecule has 2 aliphatic rings. The molecule has 6 nitrogen and oxygen atoms in total. The zero-order valence-electron chi connectivity index (χ0n) is 15.1. The molecule has 0 aromatic heterocycles. The van der Waals surface area contributed by atoms with Crippen LogP contribution in [0.15, 0.2) is 48.5 Å². The van der Waals surface area contributed by atoms with E-state index in [0.717, 1.165) is 0 Å². The van der Waals surface area contributed by atoms with Crippen molar-refractivity contribution in [3.63, 3.8) is 0 Å². The van der Waals surface area contributed by atoms with Gasteiger partial charge in [0.15, 0.2) is 0 Å². The number of imide groups is 2. The molecule has 2 aliphatic heterocycles. The van der Waals surface area contributed by atoms with Gasteiger partial charge in [-0.25, -0.2) is 0 Å². The van der Waals surface area contributed by atoms with Gasteiger partial charge in [0.2, 0.25) is 0 Å². The molecule has 110 valence electrons. The Morgan fingerprint density at radius 1 is 0.500 bits per heavy atom. The van der Waals surface area contributed by atoms with Crippen molar-refractivity contribution in [2.24, 2.45) is 0 Å². The number of nitrogens with zero attached hydrogens (tertiary/aromatic N) is 2. The zero-order chi connectivity index (χ0) is 15.4. The summed E-state index contributed by atoms with van der Waals surface area (Å²) in [6, 6.07) is 12.5. The van der Waals surface area contributed by atoms with Crippen LogP contribution in [0.25, 0.3) is 0 Å². The van der Waals surface area contributed by atoms with Gasteiger partial charge in [0, 0.05) is 0 Å². The Balaban J connectivity index is 0.00000156. The van der Waals surface area contributed by atoms with Crippen molar-refractivity contribution in [1.82, 2.24) is 10.0 Å². The molecule has 0 spiro atoms. The molecule has 2 aromatic carbocycles. The molecule has 0 bridgehead atoms. The maximum Gasteiger partial charge on any atom is 1.00 e. The van der Waals surface area contributed by atoms with Crippen LogP contribution in [0.5, 0.6) is 0 Å². The summed E-state index contributed by atoms with van der Waals surface area (Å²) in [4.78, 5) is 49.6. The van der Waals surface area contributed by atoms with E-state index < -0.39 is 23.6 Å². The molecule has 0 aliphatic carbocycles. The average Bonchev–Trinajstić information content (AvgIpc) is 2.94. The Hall–Kier alpha value is -0.00727. The molecule has 4 amide bonds. The minimum absolute atomic E-state index is 0.